The van der Waals surface area contributed by atoms with Gasteiger partial charge in [-0.1, -0.05) is 55.3 Å². The van der Waals surface area contributed by atoms with Crippen molar-refractivity contribution in [2.24, 2.45) is 0 Å². The molecule has 4 nitrogen and oxygen atoms in total. The van der Waals surface area contributed by atoms with Crippen molar-refractivity contribution in [3.8, 4) is 11.3 Å². The number of carbonyl (C=O) groups is 1. The number of nitrogens with one attached hydrogen (secondary N) is 1. The van der Waals surface area contributed by atoms with Gasteiger partial charge in [-0.2, -0.15) is 0 Å². The van der Waals surface area contributed by atoms with Gasteiger partial charge in [0.15, 0.2) is 0 Å². The molecule has 4 heteroatoms. The van der Waals surface area contributed by atoms with Crippen LogP contribution >= 0.6 is 0 Å². The van der Waals surface area contributed by atoms with Gasteiger partial charge in [0.2, 0.25) is 5.76 Å². The molecule has 100 valence electrons. The Labute approximate surface area is 112 Å². The van der Waals surface area contributed by atoms with Crippen molar-refractivity contribution in [2.45, 2.75) is 26.2 Å². The van der Waals surface area contributed by atoms with Gasteiger partial charge in [-0.3, -0.25) is 4.79 Å². The summed E-state index contributed by atoms with van der Waals surface area (Å²) in [5, 5.41) is 6.74. The fourth-order valence-electron chi connectivity index (χ4n) is 1.79. The first kappa shape index (κ1) is 13.3. The Morgan fingerprint density at radius 3 is 2.79 bits per heavy atom. The van der Waals surface area contributed by atoms with E-state index in [0.717, 1.165) is 24.8 Å². The SMILES string of the molecule is CCCCCNC(=O)c1cc(-c2ccccc2)no1. The summed E-state index contributed by atoms with van der Waals surface area (Å²) in [6.45, 7) is 2.80. The monoisotopic (exact) mass is 258 g/mol. The van der Waals surface area contributed by atoms with Gasteiger partial charge in [-0.15, -0.1) is 0 Å². The highest BCUT2D eigenvalue weighted by molar-refractivity contribution is 5.92. The van der Waals surface area contributed by atoms with Crippen LogP contribution in [0.15, 0.2) is 40.9 Å². The zero-order chi connectivity index (χ0) is 13.5. The summed E-state index contributed by atoms with van der Waals surface area (Å²) in [6.07, 6.45) is 3.24. The van der Waals surface area contributed by atoms with Crippen LogP contribution in [0.5, 0.6) is 0 Å². The third-order valence-electron chi connectivity index (χ3n) is 2.87. The average molecular weight is 258 g/mol. The van der Waals surface area contributed by atoms with E-state index in [-0.39, 0.29) is 11.7 Å². The van der Waals surface area contributed by atoms with E-state index in [9.17, 15) is 4.79 Å². The predicted molar refractivity (Wildman–Crippen MR) is 73.8 cm³/mol. The van der Waals surface area contributed by atoms with Crippen LogP contribution in [0.2, 0.25) is 0 Å². The van der Waals surface area contributed by atoms with E-state index in [1.807, 2.05) is 30.3 Å². The van der Waals surface area contributed by atoms with Crippen molar-refractivity contribution >= 4 is 5.91 Å². The molecule has 0 aliphatic rings. The molecule has 0 atom stereocenters. The highest BCUT2D eigenvalue weighted by Crippen LogP contribution is 2.18. The van der Waals surface area contributed by atoms with Gasteiger partial charge in [0.25, 0.3) is 5.91 Å². The summed E-state index contributed by atoms with van der Waals surface area (Å²) in [7, 11) is 0. The first-order chi connectivity index (χ1) is 9.31. The third kappa shape index (κ3) is 3.68. The quantitative estimate of drug-likeness (QED) is 0.809. The lowest BCUT2D eigenvalue weighted by molar-refractivity contribution is 0.0916. The Kier molecular flexibility index (Phi) is 4.72. The Morgan fingerprint density at radius 1 is 1.26 bits per heavy atom. The van der Waals surface area contributed by atoms with Gasteiger partial charge in [0.1, 0.15) is 5.69 Å². The maximum absolute atomic E-state index is 11.8. The van der Waals surface area contributed by atoms with Crippen LogP contribution in [-0.4, -0.2) is 17.6 Å². The summed E-state index contributed by atoms with van der Waals surface area (Å²) in [6, 6.07) is 11.3. The highest BCUT2D eigenvalue weighted by Gasteiger charge is 2.13. The molecule has 0 aliphatic heterocycles. The molecule has 1 N–H and O–H groups in total. The molecule has 2 rings (SSSR count). The summed E-state index contributed by atoms with van der Waals surface area (Å²) >= 11 is 0. The van der Waals surface area contributed by atoms with Gasteiger partial charge >= 0.3 is 0 Å². The largest absolute Gasteiger partial charge is 0.350 e. The minimum atomic E-state index is -0.203. The number of benzene rings is 1. The van der Waals surface area contributed by atoms with Crippen LogP contribution in [0.1, 0.15) is 36.7 Å². The van der Waals surface area contributed by atoms with Crippen molar-refractivity contribution in [1.82, 2.24) is 10.5 Å². The van der Waals surface area contributed by atoms with Crippen molar-refractivity contribution < 1.29 is 9.32 Å². The number of rotatable bonds is 6. The van der Waals surface area contributed by atoms with Crippen LogP contribution in [0.3, 0.4) is 0 Å². The van der Waals surface area contributed by atoms with Crippen LogP contribution in [0.4, 0.5) is 0 Å². The lowest BCUT2D eigenvalue weighted by Gasteiger charge is -2.00. The second kappa shape index (κ2) is 6.73. The Morgan fingerprint density at radius 2 is 2.05 bits per heavy atom. The first-order valence-electron chi connectivity index (χ1n) is 6.61. The lowest BCUT2D eigenvalue weighted by Crippen LogP contribution is -2.23. The molecular weight excluding hydrogens is 240 g/mol. The minimum absolute atomic E-state index is 0.203. The molecule has 1 aromatic heterocycles. The fourth-order valence-corrected chi connectivity index (χ4v) is 1.79. The lowest BCUT2D eigenvalue weighted by atomic mass is 10.1. The Hall–Kier alpha value is -2.10. The maximum atomic E-state index is 11.8. The van der Waals surface area contributed by atoms with E-state index < -0.39 is 0 Å². The molecule has 0 saturated heterocycles. The molecule has 0 spiro atoms. The van der Waals surface area contributed by atoms with Gasteiger partial charge in [0, 0.05) is 18.2 Å². The molecule has 1 amide bonds. The third-order valence-corrected chi connectivity index (χ3v) is 2.87. The van der Waals surface area contributed by atoms with E-state index >= 15 is 0 Å². The number of amides is 1. The van der Waals surface area contributed by atoms with E-state index in [1.165, 1.54) is 0 Å². The first-order valence-corrected chi connectivity index (χ1v) is 6.61. The van der Waals surface area contributed by atoms with Gasteiger partial charge in [-0.25, -0.2) is 0 Å². The van der Waals surface area contributed by atoms with E-state index in [2.05, 4.69) is 17.4 Å². The summed E-state index contributed by atoms with van der Waals surface area (Å²) < 4.78 is 5.08. The van der Waals surface area contributed by atoms with Gasteiger partial charge in [-0.05, 0) is 6.42 Å². The predicted octanol–water partition coefficient (Wildman–Crippen LogP) is 3.26. The molecule has 0 unspecified atom stereocenters. The molecule has 0 aliphatic carbocycles. The Balaban J connectivity index is 1.95. The van der Waals surface area contributed by atoms with Crippen molar-refractivity contribution in [1.29, 1.82) is 0 Å². The summed E-state index contributed by atoms with van der Waals surface area (Å²) in [5.41, 5.74) is 1.62. The molecule has 1 aromatic carbocycles. The van der Waals surface area contributed by atoms with Crippen LogP contribution < -0.4 is 5.32 Å². The highest BCUT2D eigenvalue weighted by atomic mass is 16.5. The molecule has 0 fully saturated rings. The molecule has 19 heavy (non-hydrogen) atoms. The fraction of sp³-hybridized carbons (Fsp3) is 0.333. The van der Waals surface area contributed by atoms with Gasteiger partial charge < -0.3 is 9.84 Å². The van der Waals surface area contributed by atoms with E-state index in [1.54, 1.807) is 6.07 Å². The van der Waals surface area contributed by atoms with Gasteiger partial charge in [0.05, 0.1) is 0 Å². The zero-order valence-corrected chi connectivity index (χ0v) is 11.1. The van der Waals surface area contributed by atoms with Crippen molar-refractivity contribution in [3.63, 3.8) is 0 Å². The van der Waals surface area contributed by atoms with Crippen LogP contribution in [0, 0.1) is 0 Å². The topological polar surface area (TPSA) is 55.1 Å². The van der Waals surface area contributed by atoms with Crippen molar-refractivity contribution in [2.75, 3.05) is 6.54 Å². The molecule has 0 saturated carbocycles. The number of unbranched alkanes of at least 4 members (excludes halogenated alkanes) is 2. The average Bonchev–Trinajstić information content (AvgIpc) is 2.94. The standard InChI is InChI=1S/C15H18N2O2/c1-2-3-7-10-16-15(18)14-11-13(17-19-14)12-8-5-4-6-9-12/h4-6,8-9,11H,2-3,7,10H2,1H3,(H,16,18). The minimum Gasteiger partial charge on any atom is -0.350 e. The van der Waals surface area contributed by atoms with Crippen molar-refractivity contribution in [3.05, 3.63) is 42.2 Å². The molecular formula is C15H18N2O2. The summed E-state index contributed by atoms with van der Waals surface area (Å²) in [4.78, 5) is 11.8. The number of nitrogens with zero attached hydrogens (tertiary/aromatic N) is 1. The van der Waals surface area contributed by atoms with Crippen LogP contribution in [0.25, 0.3) is 11.3 Å². The molecule has 0 bridgehead atoms. The number of carbonyl (C=O) groups excluding carboxylic acids is 1. The maximum Gasteiger partial charge on any atom is 0.289 e. The number of hydrogen-bond acceptors (Lipinski definition) is 3. The number of aromatic nitrogens is 1. The Bertz CT molecular complexity index is 520. The van der Waals surface area contributed by atoms with E-state index in [4.69, 9.17) is 4.52 Å². The zero-order valence-electron chi connectivity index (χ0n) is 11.1. The number of hydrogen-bond donors (Lipinski definition) is 1. The van der Waals surface area contributed by atoms with E-state index in [0.29, 0.717) is 12.2 Å². The molecule has 2 aromatic rings. The second-order valence-corrected chi connectivity index (χ2v) is 4.41. The normalized spacial score (nSPS) is 10.4. The summed E-state index contributed by atoms with van der Waals surface area (Å²) in [5.74, 6) is 0.0566. The second-order valence-electron chi connectivity index (χ2n) is 4.41. The molecule has 1 heterocycles. The van der Waals surface area contributed by atoms with Crippen LogP contribution in [-0.2, 0) is 0 Å². The smallest absolute Gasteiger partial charge is 0.289 e. The molecule has 0 radical (unpaired) electrons.